The van der Waals surface area contributed by atoms with Crippen LogP contribution in [0.5, 0.6) is 0 Å². The molecule has 2 bridgehead atoms. The summed E-state index contributed by atoms with van der Waals surface area (Å²) in [4.78, 5) is 28.1. The van der Waals surface area contributed by atoms with Gasteiger partial charge in [-0.25, -0.2) is 4.79 Å². The molecule has 1 spiro atoms. The van der Waals surface area contributed by atoms with Gasteiger partial charge in [0.15, 0.2) is 11.9 Å². The maximum absolute atomic E-state index is 14.5. The Morgan fingerprint density at radius 2 is 1.80 bits per heavy atom. The van der Waals surface area contributed by atoms with Crippen LogP contribution in [0, 0.1) is 23.7 Å². The van der Waals surface area contributed by atoms with Gasteiger partial charge < -0.3 is 33.9 Å². The molecule has 4 heterocycles. The Morgan fingerprint density at radius 3 is 2.57 bits per heavy atom. The van der Waals surface area contributed by atoms with Crippen molar-refractivity contribution >= 4 is 22.7 Å². The Morgan fingerprint density at radius 1 is 1.02 bits per heavy atom. The van der Waals surface area contributed by atoms with Crippen molar-refractivity contribution in [3.05, 3.63) is 107 Å². The predicted molar refractivity (Wildman–Crippen MR) is 205 cm³/mol. The number of esters is 2. The van der Waals surface area contributed by atoms with Crippen molar-refractivity contribution < 1.29 is 43.5 Å². The average Bonchev–Trinajstić information content (AvgIpc) is 3.50. The fraction of sp³-hybridized carbons (Fsp3) is 0.511. The van der Waals surface area contributed by atoms with Crippen molar-refractivity contribution in [3.8, 4) is 0 Å². The number of benzene rings is 2. The SMILES string of the molecule is CC[C@H](C)[C@H]1O[C@]2(C=C[C@@H]1C)C[C@@H]1C[C@@H](C/C=C(\C)[C@@H](O)[C@@H](C)/C=C/C=C3\CO[C@@H]4[C@H](OC(=O)c5ccc6ccccc6c5)C(C)=C[C@@H](C(=O)O1)[C@]34O)O2. The van der Waals surface area contributed by atoms with Gasteiger partial charge in [0, 0.05) is 24.7 Å². The highest BCUT2D eigenvalue weighted by Crippen LogP contribution is 2.48. The summed E-state index contributed by atoms with van der Waals surface area (Å²) < 4.78 is 32.3. The van der Waals surface area contributed by atoms with Crippen molar-refractivity contribution in [2.24, 2.45) is 23.7 Å². The fourth-order valence-electron chi connectivity index (χ4n) is 8.79. The second-order valence-electron chi connectivity index (χ2n) is 16.1. The Kier molecular flexibility index (Phi) is 10.9. The standard InChI is InChI=1S/C45H54O9/c1-7-26(2)39-29(5)19-20-44(54-39)24-36-23-35(53-44)18-15-28(4)38(46)27(3)11-10-14-34-25-50-41-40(30(6)21-37(43(48)51-36)45(34,41)49)52-42(47)33-17-16-31-12-8-9-13-32(31)22-33/h8-17,19-22,26-27,29,35-41,46,49H,7,18,23-25H2,1-6H3/b11-10+,28-15+,34-14+/t26-,27-,29-,35+,36-,37-,38-,39+,40+,41+,44+,45+/m0/s1. The van der Waals surface area contributed by atoms with Crippen molar-refractivity contribution in [2.45, 2.75) is 115 Å². The maximum atomic E-state index is 14.5. The van der Waals surface area contributed by atoms with Gasteiger partial charge in [-0.3, -0.25) is 4.79 Å². The number of aliphatic hydroxyl groups is 2. The lowest BCUT2D eigenvalue weighted by Gasteiger charge is -2.48. The van der Waals surface area contributed by atoms with E-state index < -0.39 is 53.7 Å². The molecule has 2 fully saturated rings. The zero-order valence-corrected chi connectivity index (χ0v) is 32.1. The minimum atomic E-state index is -1.88. The summed E-state index contributed by atoms with van der Waals surface area (Å²) in [5, 5.41) is 25.9. The third-order valence-corrected chi connectivity index (χ3v) is 12.2. The summed E-state index contributed by atoms with van der Waals surface area (Å²) >= 11 is 0. The second kappa shape index (κ2) is 15.3. The first-order valence-corrected chi connectivity index (χ1v) is 19.5. The molecule has 0 aromatic heterocycles. The lowest BCUT2D eigenvalue weighted by Crippen LogP contribution is -2.59. The average molecular weight is 739 g/mol. The third-order valence-electron chi connectivity index (χ3n) is 12.2. The molecule has 2 saturated heterocycles. The zero-order chi connectivity index (χ0) is 38.4. The molecular weight excluding hydrogens is 684 g/mol. The Labute approximate surface area is 318 Å². The van der Waals surface area contributed by atoms with Crippen LogP contribution in [0.15, 0.2) is 102 Å². The molecule has 9 nitrogen and oxygen atoms in total. The number of carbonyl (C=O) groups is 2. The van der Waals surface area contributed by atoms with E-state index in [1.54, 1.807) is 37.3 Å². The van der Waals surface area contributed by atoms with Crippen molar-refractivity contribution in [3.63, 3.8) is 0 Å². The van der Waals surface area contributed by atoms with Crippen LogP contribution in [0.2, 0.25) is 0 Å². The molecule has 4 aliphatic heterocycles. The number of hydrogen-bond donors (Lipinski definition) is 2. The van der Waals surface area contributed by atoms with E-state index >= 15 is 0 Å². The predicted octanol–water partition coefficient (Wildman–Crippen LogP) is 7.33. The van der Waals surface area contributed by atoms with Crippen molar-refractivity contribution in [1.82, 2.24) is 0 Å². The Bertz CT molecular complexity index is 1910. The van der Waals surface area contributed by atoms with Crippen LogP contribution >= 0.6 is 0 Å². The number of aliphatic hydroxyl groups excluding tert-OH is 1. The highest BCUT2D eigenvalue weighted by atomic mass is 16.7. The van der Waals surface area contributed by atoms with E-state index in [1.165, 1.54) is 0 Å². The molecule has 54 heavy (non-hydrogen) atoms. The quantitative estimate of drug-likeness (QED) is 0.246. The second-order valence-corrected chi connectivity index (χ2v) is 16.1. The highest BCUT2D eigenvalue weighted by Gasteiger charge is 2.61. The van der Waals surface area contributed by atoms with Gasteiger partial charge in [0.1, 0.15) is 23.7 Å². The van der Waals surface area contributed by atoms with Gasteiger partial charge in [-0.1, -0.05) is 101 Å². The normalized spacial score (nSPS) is 40.0. The molecule has 12 atom stereocenters. The lowest BCUT2D eigenvalue weighted by molar-refractivity contribution is -0.300. The van der Waals surface area contributed by atoms with Crippen LogP contribution in [0.4, 0.5) is 0 Å². The first-order chi connectivity index (χ1) is 25.8. The number of rotatable bonds is 4. The fourth-order valence-corrected chi connectivity index (χ4v) is 8.79. The van der Waals surface area contributed by atoms with Gasteiger partial charge in [-0.2, -0.15) is 0 Å². The summed E-state index contributed by atoms with van der Waals surface area (Å²) in [6.45, 7) is 12.1. The van der Waals surface area contributed by atoms with Crippen LogP contribution < -0.4 is 0 Å². The van der Waals surface area contributed by atoms with Crippen molar-refractivity contribution in [1.29, 1.82) is 0 Å². The molecule has 2 aromatic carbocycles. The molecule has 288 valence electrons. The van der Waals surface area contributed by atoms with Crippen LogP contribution in [0.1, 0.15) is 77.6 Å². The molecule has 1 aliphatic carbocycles. The Hall–Kier alpha value is -3.86. The van der Waals surface area contributed by atoms with E-state index in [9.17, 15) is 19.8 Å². The molecule has 0 amide bonds. The van der Waals surface area contributed by atoms with Crippen LogP contribution in [-0.4, -0.2) is 76.8 Å². The highest BCUT2D eigenvalue weighted by molar-refractivity contribution is 5.95. The van der Waals surface area contributed by atoms with Crippen molar-refractivity contribution in [2.75, 3.05) is 6.61 Å². The lowest BCUT2D eigenvalue weighted by atomic mass is 9.70. The van der Waals surface area contributed by atoms with E-state index in [2.05, 4.69) is 26.8 Å². The van der Waals surface area contributed by atoms with Gasteiger partial charge in [0.25, 0.3) is 0 Å². The number of fused-ring (bicyclic) bond motifs is 3. The van der Waals surface area contributed by atoms with Crippen LogP contribution in [-0.2, 0) is 28.5 Å². The maximum Gasteiger partial charge on any atom is 0.338 e. The van der Waals surface area contributed by atoms with Gasteiger partial charge in [-0.05, 0) is 71.9 Å². The minimum Gasteiger partial charge on any atom is -0.462 e. The number of allylic oxidation sites excluding steroid dienone is 2. The van der Waals surface area contributed by atoms with E-state index in [1.807, 2.05) is 62.4 Å². The molecule has 0 radical (unpaired) electrons. The largest absolute Gasteiger partial charge is 0.462 e. The summed E-state index contributed by atoms with van der Waals surface area (Å²) in [6.07, 6.45) is 11.5. The van der Waals surface area contributed by atoms with Gasteiger partial charge in [0.2, 0.25) is 0 Å². The molecule has 7 rings (SSSR count). The Balaban J connectivity index is 1.24. The first kappa shape index (κ1) is 38.4. The van der Waals surface area contributed by atoms with E-state index in [0.717, 1.165) is 22.8 Å². The summed E-state index contributed by atoms with van der Waals surface area (Å²) in [5.41, 5.74) is 0.322. The van der Waals surface area contributed by atoms with E-state index in [-0.39, 0.29) is 36.6 Å². The van der Waals surface area contributed by atoms with Crippen LogP contribution in [0.25, 0.3) is 10.8 Å². The number of ether oxygens (including phenoxy) is 5. The smallest absolute Gasteiger partial charge is 0.338 e. The summed E-state index contributed by atoms with van der Waals surface area (Å²) in [5.74, 6) is -3.20. The summed E-state index contributed by atoms with van der Waals surface area (Å²) in [6, 6.07) is 13.1. The third kappa shape index (κ3) is 7.29. The molecule has 2 aromatic rings. The van der Waals surface area contributed by atoms with Gasteiger partial charge >= 0.3 is 11.9 Å². The van der Waals surface area contributed by atoms with E-state index in [0.29, 0.717) is 36.0 Å². The molecule has 9 heteroatoms. The molecular formula is C45H54O9. The minimum absolute atomic E-state index is 0.00652. The monoisotopic (exact) mass is 738 g/mol. The van der Waals surface area contributed by atoms with Gasteiger partial charge in [0.05, 0.1) is 30.5 Å². The van der Waals surface area contributed by atoms with E-state index in [4.69, 9.17) is 23.7 Å². The zero-order valence-electron chi connectivity index (χ0n) is 32.1. The summed E-state index contributed by atoms with van der Waals surface area (Å²) in [7, 11) is 0. The van der Waals surface area contributed by atoms with Gasteiger partial charge in [-0.15, -0.1) is 0 Å². The molecule has 5 aliphatic rings. The molecule has 0 saturated carbocycles. The molecule has 2 N–H and O–H groups in total. The first-order valence-electron chi connectivity index (χ1n) is 19.5. The number of hydrogen-bond acceptors (Lipinski definition) is 9. The topological polar surface area (TPSA) is 121 Å². The molecule has 0 unspecified atom stereocenters. The van der Waals surface area contributed by atoms with Crippen LogP contribution in [0.3, 0.4) is 0 Å². The number of carbonyl (C=O) groups excluding carboxylic acids is 2.